The van der Waals surface area contributed by atoms with E-state index in [4.69, 9.17) is 42.1 Å². The first kappa shape index (κ1) is 37.8. The highest BCUT2D eigenvalue weighted by atomic mass is 35.5. The molecule has 2 saturated heterocycles. The van der Waals surface area contributed by atoms with Gasteiger partial charge in [0.05, 0.1) is 24.3 Å². The van der Waals surface area contributed by atoms with Crippen LogP contribution in [0.3, 0.4) is 0 Å². The number of methoxy groups -OCH3 is 2. The SMILES string of the molecule is COc1ccc([C@H](Cc2c(Cl)cncc2Cl)OC(=O)c2ccc(CNC(C(=O)OC3CC4CCC3N4Cc3ccccc3)c3ccccc3)s2)cc1OC. The molecule has 3 aromatic carbocycles. The first-order chi connectivity index (χ1) is 26.3. The molecule has 2 aromatic heterocycles. The van der Waals surface area contributed by atoms with E-state index >= 15 is 0 Å². The van der Waals surface area contributed by atoms with Gasteiger partial charge in [-0.3, -0.25) is 15.2 Å². The van der Waals surface area contributed by atoms with Gasteiger partial charge in [0.2, 0.25) is 0 Å². The van der Waals surface area contributed by atoms with Gasteiger partial charge in [0, 0.05) is 55.3 Å². The largest absolute Gasteiger partial charge is 0.493 e. The average Bonchev–Trinajstić information content (AvgIpc) is 3.91. The fraction of sp³-hybridized carbons (Fsp3) is 0.310. The zero-order valence-corrected chi connectivity index (χ0v) is 32.3. The van der Waals surface area contributed by atoms with E-state index in [0.717, 1.165) is 36.2 Å². The second-order valence-corrected chi connectivity index (χ2v) is 15.4. The second-order valence-electron chi connectivity index (χ2n) is 13.5. The van der Waals surface area contributed by atoms with Crippen molar-refractivity contribution in [1.29, 1.82) is 0 Å². The number of carbonyl (C=O) groups excluding carboxylic acids is 2. The second kappa shape index (κ2) is 17.3. The van der Waals surface area contributed by atoms with E-state index in [9.17, 15) is 9.59 Å². The smallest absolute Gasteiger partial charge is 0.348 e. The van der Waals surface area contributed by atoms with Crippen LogP contribution in [-0.4, -0.2) is 54.2 Å². The predicted octanol–water partition coefficient (Wildman–Crippen LogP) is 8.79. The van der Waals surface area contributed by atoms with Crippen LogP contribution >= 0.6 is 34.5 Å². The van der Waals surface area contributed by atoms with Crippen LogP contribution in [0.5, 0.6) is 11.5 Å². The van der Waals surface area contributed by atoms with E-state index in [1.165, 1.54) is 29.3 Å². The first-order valence-corrected chi connectivity index (χ1v) is 19.5. The monoisotopic (exact) mass is 785 g/mol. The molecule has 12 heteroatoms. The van der Waals surface area contributed by atoms with Crippen LogP contribution in [0, 0.1) is 0 Å². The van der Waals surface area contributed by atoms with Crippen molar-refractivity contribution < 1.29 is 28.5 Å². The molecule has 54 heavy (non-hydrogen) atoms. The maximum Gasteiger partial charge on any atom is 0.348 e. The molecule has 7 rings (SSSR count). The number of halogens is 2. The minimum absolute atomic E-state index is 0.161. The highest BCUT2D eigenvalue weighted by Crippen LogP contribution is 2.41. The lowest BCUT2D eigenvalue weighted by Gasteiger charge is -2.26. The number of nitrogens with one attached hydrogen (secondary N) is 1. The molecule has 0 spiro atoms. The molecule has 280 valence electrons. The third kappa shape index (κ3) is 8.59. The van der Waals surface area contributed by atoms with Gasteiger partial charge in [0.1, 0.15) is 23.1 Å². The van der Waals surface area contributed by atoms with Crippen LogP contribution < -0.4 is 14.8 Å². The standard InChI is InChI=1S/C42H41Cl2N3O6S/c1-50-35-17-13-28(19-38(35)51-2)36(21-31-32(43)23-45-24-33(31)44)52-41(48)39-18-15-30(54-39)22-46-40(27-11-7-4-8-12-27)42(49)53-37-20-29-14-16-34(37)47(29)25-26-9-5-3-6-10-26/h3-13,15,17-19,23-24,29,34,36-37,40,46H,14,16,20-22,25H2,1-2H3/t29?,34?,36-,37?,40?/m0/s1. The maximum absolute atomic E-state index is 13.9. The van der Waals surface area contributed by atoms with Crippen LogP contribution in [0.4, 0.5) is 0 Å². The molecule has 2 fully saturated rings. The molecule has 9 nitrogen and oxygen atoms in total. The fourth-order valence-electron chi connectivity index (χ4n) is 7.48. The number of aromatic nitrogens is 1. The van der Waals surface area contributed by atoms with Gasteiger partial charge < -0.3 is 18.9 Å². The molecule has 0 radical (unpaired) electrons. The number of hydrogen-bond donors (Lipinski definition) is 1. The Kier molecular flexibility index (Phi) is 12.2. The van der Waals surface area contributed by atoms with Crippen LogP contribution in [0.2, 0.25) is 10.0 Å². The van der Waals surface area contributed by atoms with Crippen molar-refractivity contribution in [2.24, 2.45) is 0 Å². The van der Waals surface area contributed by atoms with Crippen LogP contribution in [-0.2, 0) is 33.8 Å². The summed E-state index contributed by atoms with van der Waals surface area (Å²) in [6, 6.07) is 28.9. The van der Waals surface area contributed by atoms with Crippen LogP contribution in [0.1, 0.15) is 68.2 Å². The quantitative estimate of drug-likeness (QED) is 0.105. The number of benzene rings is 3. The Morgan fingerprint density at radius 1 is 0.889 bits per heavy atom. The molecule has 0 amide bonds. The zero-order chi connectivity index (χ0) is 37.6. The Labute approximate surface area is 329 Å². The average molecular weight is 787 g/mol. The van der Waals surface area contributed by atoms with Crippen LogP contribution in [0.25, 0.3) is 0 Å². The number of carbonyl (C=O) groups is 2. The molecular weight excluding hydrogens is 745 g/mol. The van der Waals surface area contributed by atoms with E-state index in [1.807, 2.05) is 48.5 Å². The summed E-state index contributed by atoms with van der Waals surface area (Å²) in [5, 5.41) is 4.15. The number of fused-ring (bicyclic) bond motifs is 2. The van der Waals surface area contributed by atoms with E-state index in [1.54, 1.807) is 32.4 Å². The number of esters is 2. The molecule has 2 aliphatic rings. The van der Waals surface area contributed by atoms with Gasteiger partial charge in [-0.05, 0) is 59.4 Å². The Bertz CT molecular complexity index is 2050. The van der Waals surface area contributed by atoms with Crippen molar-refractivity contribution in [3.05, 3.63) is 145 Å². The van der Waals surface area contributed by atoms with E-state index in [0.29, 0.717) is 50.1 Å². The topological polar surface area (TPSA) is 99.2 Å². The number of rotatable bonds is 15. The van der Waals surface area contributed by atoms with Gasteiger partial charge in [-0.2, -0.15) is 0 Å². The molecule has 1 N–H and O–H groups in total. The van der Waals surface area contributed by atoms with Gasteiger partial charge in [-0.1, -0.05) is 89.9 Å². The number of hydrogen-bond acceptors (Lipinski definition) is 10. The van der Waals surface area contributed by atoms with Crippen molar-refractivity contribution in [2.45, 2.75) is 69.1 Å². The first-order valence-electron chi connectivity index (χ1n) is 17.9. The summed E-state index contributed by atoms with van der Waals surface area (Å²) >= 11 is 14.3. The summed E-state index contributed by atoms with van der Waals surface area (Å²) in [7, 11) is 3.10. The number of pyridine rings is 1. The van der Waals surface area contributed by atoms with Crippen molar-refractivity contribution in [1.82, 2.24) is 15.2 Å². The third-order valence-electron chi connectivity index (χ3n) is 10.2. The van der Waals surface area contributed by atoms with E-state index in [-0.39, 0.29) is 24.5 Å². The van der Waals surface area contributed by atoms with Crippen LogP contribution in [0.15, 0.2) is 103 Å². The summed E-state index contributed by atoms with van der Waals surface area (Å²) in [6.45, 7) is 1.19. The van der Waals surface area contributed by atoms with Gasteiger partial charge in [0.15, 0.2) is 11.5 Å². The van der Waals surface area contributed by atoms with Crippen molar-refractivity contribution in [3.8, 4) is 11.5 Å². The molecule has 0 saturated carbocycles. The minimum Gasteiger partial charge on any atom is -0.493 e. The van der Waals surface area contributed by atoms with Gasteiger partial charge in [-0.25, -0.2) is 9.59 Å². The summed E-state index contributed by atoms with van der Waals surface area (Å²) in [6.07, 6.45) is 5.27. The lowest BCUT2D eigenvalue weighted by molar-refractivity contribution is -0.153. The fourth-order valence-corrected chi connectivity index (χ4v) is 8.84. The lowest BCUT2D eigenvalue weighted by atomic mass is 9.97. The van der Waals surface area contributed by atoms with Crippen molar-refractivity contribution in [3.63, 3.8) is 0 Å². The molecule has 5 atom stereocenters. The Morgan fingerprint density at radius 3 is 2.33 bits per heavy atom. The molecule has 0 aliphatic carbocycles. The highest BCUT2D eigenvalue weighted by molar-refractivity contribution is 7.13. The molecule has 4 heterocycles. The van der Waals surface area contributed by atoms with E-state index in [2.05, 4.69) is 39.5 Å². The third-order valence-corrected chi connectivity index (χ3v) is 11.9. The Balaban J connectivity index is 1.04. The molecule has 2 aliphatic heterocycles. The van der Waals surface area contributed by atoms with Crippen molar-refractivity contribution >= 4 is 46.5 Å². The number of thiophene rings is 1. The predicted molar refractivity (Wildman–Crippen MR) is 209 cm³/mol. The molecular formula is C42H41Cl2N3O6S. The number of nitrogens with zero attached hydrogens (tertiary/aromatic N) is 2. The van der Waals surface area contributed by atoms with Crippen molar-refractivity contribution in [2.75, 3.05) is 14.2 Å². The summed E-state index contributed by atoms with van der Waals surface area (Å²) < 4.78 is 23.4. The Morgan fingerprint density at radius 2 is 1.61 bits per heavy atom. The number of ether oxygens (including phenoxy) is 4. The molecule has 2 bridgehead atoms. The van der Waals surface area contributed by atoms with Gasteiger partial charge >= 0.3 is 11.9 Å². The van der Waals surface area contributed by atoms with Gasteiger partial charge in [-0.15, -0.1) is 11.3 Å². The zero-order valence-electron chi connectivity index (χ0n) is 30.0. The normalized spacial score (nSPS) is 18.9. The summed E-state index contributed by atoms with van der Waals surface area (Å²) in [5.41, 5.74) is 3.36. The van der Waals surface area contributed by atoms with Gasteiger partial charge in [0.25, 0.3) is 0 Å². The van der Waals surface area contributed by atoms with E-state index < -0.39 is 18.1 Å². The summed E-state index contributed by atoms with van der Waals surface area (Å²) in [5.74, 6) is 0.215. The lowest BCUT2D eigenvalue weighted by Crippen LogP contribution is -2.38. The Hall–Kier alpha value is -4.45. The minimum atomic E-state index is -0.759. The molecule has 5 aromatic rings. The summed E-state index contributed by atoms with van der Waals surface area (Å²) in [4.78, 5) is 35.4. The molecule has 4 unspecified atom stereocenters. The highest BCUT2D eigenvalue weighted by Gasteiger charge is 2.48. The maximum atomic E-state index is 13.9.